The van der Waals surface area contributed by atoms with Crippen molar-refractivity contribution in [2.75, 3.05) is 14.2 Å². The van der Waals surface area contributed by atoms with Gasteiger partial charge in [0, 0.05) is 29.5 Å². The largest absolute Gasteiger partial charge is 0.496 e. The van der Waals surface area contributed by atoms with Gasteiger partial charge in [-0.1, -0.05) is 92.7 Å². The van der Waals surface area contributed by atoms with Crippen LogP contribution in [0.15, 0.2) is 84.9 Å². The fourth-order valence-corrected chi connectivity index (χ4v) is 5.59. The van der Waals surface area contributed by atoms with Crippen molar-refractivity contribution in [1.82, 2.24) is 4.90 Å². The Balaban J connectivity index is 1.93. The van der Waals surface area contributed by atoms with E-state index in [0.717, 1.165) is 11.3 Å². The summed E-state index contributed by atoms with van der Waals surface area (Å²) >= 11 is 0. The molecule has 1 saturated heterocycles. The first-order valence-electron chi connectivity index (χ1n) is 10.7. The molecule has 0 amide bonds. The summed E-state index contributed by atoms with van der Waals surface area (Å²) in [5.74, 6) is 0.647. The number of aliphatic hydroxyl groups is 1. The second kappa shape index (κ2) is 8.25. The van der Waals surface area contributed by atoms with Gasteiger partial charge in [0.2, 0.25) is 0 Å². The van der Waals surface area contributed by atoms with E-state index in [9.17, 15) is 5.11 Å². The van der Waals surface area contributed by atoms with Gasteiger partial charge < -0.3 is 9.84 Å². The zero-order chi connectivity index (χ0) is 21.3. The van der Waals surface area contributed by atoms with Crippen molar-refractivity contribution < 1.29 is 9.84 Å². The molecule has 1 aliphatic heterocycles. The molecular weight excluding hydrogens is 370 g/mol. The maximum Gasteiger partial charge on any atom is 0.124 e. The molecule has 5 atom stereocenters. The molecule has 30 heavy (non-hydrogen) atoms. The lowest BCUT2D eigenvalue weighted by Crippen LogP contribution is -2.56. The molecule has 0 aromatic heterocycles. The molecule has 3 aromatic carbocycles. The number of para-hydroxylation sites is 1. The van der Waals surface area contributed by atoms with E-state index in [1.165, 1.54) is 11.1 Å². The lowest BCUT2D eigenvalue weighted by molar-refractivity contribution is -0.162. The Bertz CT molecular complexity index is 919. The maximum atomic E-state index is 12.5. The third kappa shape index (κ3) is 3.23. The fraction of sp³-hybridized carbons (Fsp3) is 0.333. The van der Waals surface area contributed by atoms with Gasteiger partial charge in [-0.3, -0.25) is 4.90 Å². The lowest BCUT2D eigenvalue weighted by atomic mass is 9.62. The molecule has 3 nitrogen and oxygen atoms in total. The molecule has 3 aromatic rings. The lowest BCUT2D eigenvalue weighted by Gasteiger charge is -2.56. The summed E-state index contributed by atoms with van der Waals surface area (Å²) in [6.07, 6.45) is 0. The van der Waals surface area contributed by atoms with Crippen LogP contribution in [0.1, 0.15) is 42.6 Å². The van der Waals surface area contributed by atoms with Crippen LogP contribution in [0.4, 0.5) is 0 Å². The quantitative estimate of drug-likeness (QED) is 0.619. The first kappa shape index (κ1) is 20.6. The average Bonchev–Trinajstić information content (AvgIpc) is 2.79. The standard InChI is InChI=1S/C27H31NO2/c1-19-25(21-13-7-5-8-14-21)28(3)26(22-15-9-6-10-16-22)20(2)27(19,29)23-17-11-12-18-24(23)30-4/h5-20,25-26,29H,1-4H3/t19-,20+,25-,26-,27?/m1/s1. The number of rotatable bonds is 4. The summed E-state index contributed by atoms with van der Waals surface area (Å²) in [6, 6.07) is 29.1. The summed E-state index contributed by atoms with van der Waals surface area (Å²) in [6.45, 7) is 4.33. The number of ether oxygens (including phenoxy) is 1. The third-order valence-corrected chi connectivity index (χ3v) is 7.03. The van der Waals surface area contributed by atoms with Gasteiger partial charge in [0.15, 0.2) is 0 Å². The highest BCUT2D eigenvalue weighted by Gasteiger charge is 2.55. The predicted molar refractivity (Wildman–Crippen MR) is 121 cm³/mol. The van der Waals surface area contributed by atoms with Gasteiger partial charge in [-0.25, -0.2) is 0 Å². The minimum Gasteiger partial charge on any atom is -0.496 e. The Morgan fingerprint density at radius 3 is 1.63 bits per heavy atom. The highest BCUT2D eigenvalue weighted by molar-refractivity contribution is 5.42. The summed E-state index contributed by atoms with van der Waals surface area (Å²) in [7, 11) is 3.86. The van der Waals surface area contributed by atoms with E-state index in [1.807, 2.05) is 36.4 Å². The molecule has 0 aliphatic carbocycles. The van der Waals surface area contributed by atoms with E-state index < -0.39 is 5.60 Å². The molecule has 1 heterocycles. The van der Waals surface area contributed by atoms with Crippen molar-refractivity contribution in [1.29, 1.82) is 0 Å². The van der Waals surface area contributed by atoms with Gasteiger partial charge >= 0.3 is 0 Å². The van der Waals surface area contributed by atoms with Gasteiger partial charge in [-0.2, -0.15) is 0 Å². The van der Waals surface area contributed by atoms with Gasteiger partial charge in [0.25, 0.3) is 0 Å². The fourth-order valence-electron chi connectivity index (χ4n) is 5.59. The summed E-state index contributed by atoms with van der Waals surface area (Å²) in [4.78, 5) is 2.43. The van der Waals surface area contributed by atoms with Gasteiger partial charge in [-0.15, -0.1) is 0 Å². The van der Waals surface area contributed by atoms with E-state index in [1.54, 1.807) is 7.11 Å². The van der Waals surface area contributed by atoms with Crippen LogP contribution >= 0.6 is 0 Å². The Kier molecular flexibility index (Phi) is 5.68. The van der Waals surface area contributed by atoms with E-state index in [2.05, 4.69) is 74.3 Å². The minimum absolute atomic E-state index is 0.0452. The van der Waals surface area contributed by atoms with Crippen LogP contribution in [0.25, 0.3) is 0 Å². The molecule has 0 bridgehead atoms. The second-order valence-electron chi connectivity index (χ2n) is 8.48. The van der Waals surface area contributed by atoms with Crippen LogP contribution in [-0.4, -0.2) is 24.2 Å². The molecule has 1 aliphatic rings. The Morgan fingerprint density at radius 2 is 1.17 bits per heavy atom. The zero-order valence-corrected chi connectivity index (χ0v) is 18.2. The number of piperidine rings is 1. The number of nitrogens with zero attached hydrogens (tertiary/aromatic N) is 1. The van der Waals surface area contributed by atoms with Gasteiger partial charge in [-0.05, 0) is 24.2 Å². The zero-order valence-electron chi connectivity index (χ0n) is 18.2. The van der Waals surface area contributed by atoms with Crippen molar-refractivity contribution in [2.45, 2.75) is 31.5 Å². The number of benzene rings is 3. The minimum atomic E-state index is -1.06. The first-order valence-corrected chi connectivity index (χ1v) is 10.7. The monoisotopic (exact) mass is 401 g/mol. The van der Waals surface area contributed by atoms with Crippen LogP contribution < -0.4 is 4.74 Å². The highest BCUT2D eigenvalue weighted by Crippen LogP contribution is 2.57. The smallest absolute Gasteiger partial charge is 0.124 e. The van der Waals surface area contributed by atoms with Crippen molar-refractivity contribution >= 4 is 0 Å². The van der Waals surface area contributed by atoms with Crippen molar-refractivity contribution in [2.24, 2.45) is 11.8 Å². The van der Waals surface area contributed by atoms with Crippen molar-refractivity contribution in [3.05, 3.63) is 102 Å². The summed E-state index contributed by atoms with van der Waals surface area (Å²) in [5, 5.41) is 12.5. The van der Waals surface area contributed by atoms with Crippen LogP contribution in [-0.2, 0) is 5.60 Å². The molecule has 0 spiro atoms. The number of hydrogen-bond acceptors (Lipinski definition) is 3. The Hall–Kier alpha value is -2.62. The van der Waals surface area contributed by atoms with E-state index in [-0.39, 0.29) is 23.9 Å². The van der Waals surface area contributed by atoms with Gasteiger partial charge in [0.05, 0.1) is 7.11 Å². The molecule has 1 unspecified atom stereocenters. The topological polar surface area (TPSA) is 32.7 Å². The molecular formula is C27H31NO2. The third-order valence-electron chi connectivity index (χ3n) is 7.03. The molecule has 0 radical (unpaired) electrons. The van der Waals surface area contributed by atoms with E-state index in [4.69, 9.17) is 4.74 Å². The maximum absolute atomic E-state index is 12.5. The average molecular weight is 402 g/mol. The Labute approximate surface area is 179 Å². The Morgan fingerprint density at radius 1 is 0.733 bits per heavy atom. The second-order valence-corrected chi connectivity index (χ2v) is 8.48. The number of likely N-dealkylation sites (tertiary alicyclic amines) is 1. The van der Waals surface area contributed by atoms with Crippen LogP contribution in [0.2, 0.25) is 0 Å². The normalized spacial score (nSPS) is 29.5. The van der Waals surface area contributed by atoms with Crippen LogP contribution in [0, 0.1) is 11.8 Å². The molecule has 3 heteroatoms. The van der Waals surface area contributed by atoms with E-state index >= 15 is 0 Å². The SMILES string of the molecule is COc1ccccc1C1(O)[C@H](C)[C@H](c2ccccc2)N(C)[C@@H](c2ccccc2)[C@@H]1C. The molecule has 1 N–H and O–H groups in total. The molecule has 4 rings (SSSR count). The van der Waals surface area contributed by atoms with Crippen molar-refractivity contribution in [3.8, 4) is 5.75 Å². The number of methoxy groups -OCH3 is 1. The summed E-state index contributed by atoms with van der Waals surface area (Å²) in [5.41, 5.74) is 2.24. The molecule has 0 saturated carbocycles. The number of hydrogen-bond donors (Lipinski definition) is 1. The van der Waals surface area contributed by atoms with Gasteiger partial charge in [0.1, 0.15) is 11.4 Å². The van der Waals surface area contributed by atoms with Crippen LogP contribution in [0.3, 0.4) is 0 Å². The predicted octanol–water partition coefficient (Wildman–Crippen LogP) is 5.58. The van der Waals surface area contributed by atoms with Crippen LogP contribution in [0.5, 0.6) is 5.75 Å². The van der Waals surface area contributed by atoms with E-state index in [0.29, 0.717) is 0 Å². The summed E-state index contributed by atoms with van der Waals surface area (Å²) < 4.78 is 5.70. The highest BCUT2D eigenvalue weighted by atomic mass is 16.5. The molecule has 1 fully saturated rings. The molecule has 156 valence electrons. The van der Waals surface area contributed by atoms with Crippen molar-refractivity contribution in [3.63, 3.8) is 0 Å². The first-order chi connectivity index (χ1) is 14.5.